The minimum Gasteiger partial charge on any atom is -0.294 e. The van der Waals surface area contributed by atoms with E-state index in [1.807, 2.05) is 0 Å². The molecule has 1 aromatic rings. The van der Waals surface area contributed by atoms with E-state index in [0.29, 0.717) is 0 Å². The summed E-state index contributed by atoms with van der Waals surface area (Å²) in [6, 6.07) is 2.88. The Labute approximate surface area is 88.1 Å². The first-order valence-corrected chi connectivity index (χ1v) is 4.09. The maximum absolute atomic E-state index is 13.4. The normalized spacial score (nSPS) is 11.0. The summed E-state index contributed by atoms with van der Waals surface area (Å²) in [5, 5.41) is 8.43. The number of carbonyl (C=O) groups is 1. The molecule has 0 saturated carbocycles. The minimum atomic E-state index is -5.00. The fourth-order valence-corrected chi connectivity index (χ4v) is 1.22. The number of halogens is 4. The van der Waals surface area contributed by atoms with Crippen LogP contribution in [0.15, 0.2) is 12.1 Å². The van der Waals surface area contributed by atoms with Crippen molar-refractivity contribution in [1.82, 2.24) is 0 Å². The Kier molecular flexibility index (Phi) is 2.99. The number of benzene rings is 1. The first kappa shape index (κ1) is 12.2. The van der Waals surface area contributed by atoms with Gasteiger partial charge in [-0.15, -0.1) is 0 Å². The number of carbonyl (C=O) groups excluding carboxylic acids is 1. The summed E-state index contributed by atoms with van der Waals surface area (Å²) in [7, 11) is 0. The topological polar surface area (TPSA) is 40.9 Å². The number of ketones is 1. The van der Waals surface area contributed by atoms with E-state index in [9.17, 15) is 22.4 Å². The standard InChI is InChI=1S/C10H5F4NO/c1-5(16)7-3-2-6(4-15)8(9(7)11)10(12,13)14/h2-3H,1H3. The molecule has 0 radical (unpaired) electrons. The molecule has 0 unspecified atom stereocenters. The van der Waals surface area contributed by atoms with Crippen LogP contribution in [0.25, 0.3) is 0 Å². The van der Waals surface area contributed by atoms with Crippen molar-refractivity contribution in [2.24, 2.45) is 0 Å². The van der Waals surface area contributed by atoms with E-state index in [4.69, 9.17) is 5.26 Å². The SMILES string of the molecule is CC(=O)c1ccc(C#N)c(C(F)(F)F)c1F. The minimum absolute atomic E-state index is 0.675. The van der Waals surface area contributed by atoms with Gasteiger partial charge in [-0.2, -0.15) is 18.4 Å². The van der Waals surface area contributed by atoms with E-state index in [0.717, 1.165) is 19.1 Å². The molecule has 1 rings (SSSR count). The zero-order chi connectivity index (χ0) is 12.5. The molecule has 0 aliphatic heterocycles. The Bertz CT molecular complexity index is 485. The molecule has 0 aliphatic rings. The molecule has 0 amide bonds. The number of hydrogen-bond donors (Lipinski definition) is 0. The lowest BCUT2D eigenvalue weighted by Gasteiger charge is -2.11. The first-order chi connectivity index (χ1) is 7.29. The second-order valence-electron chi connectivity index (χ2n) is 3.02. The maximum atomic E-state index is 13.4. The van der Waals surface area contributed by atoms with E-state index in [-0.39, 0.29) is 0 Å². The van der Waals surface area contributed by atoms with Crippen LogP contribution in [0.2, 0.25) is 0 Å². The number of alkyl halides is 3. The number of Topliss-reactive ketones (excluding diaryl/α,β-unsaturated/α-hetero) is 1. The zero-order valence-electron chi connectivity index (χ0n) is 8.02. The van der Waals surface area contributed by atoms with Gasteiger partial charge in [0, 0.05) is 0 Å². The van der Waals surface area contributed by atoms with Crippen molar-refractivity contribution in [3.63, 3.8) is 0 Å². The third kappa shape index (κ3) is 2.03. The summed E-state index contributed by atoms with van der Waals surface area (Å²) in [4.78, 5) is 10.9. The summed E-state index contributed by atoms with van der Waals surface area (Å²) in [6.45, 7) is 0.949. The molecule has 0 N–H and O–H groups in total. The van der Waals surface area contributed by atoms with Gasteiger partial charge in [-0.1, -0.05) is 0 Å². The lowest BCUT2D eigenvalue weighted by molar-refractivity contribution is -0.140. The molecular formula is C10H5F4NO. The largest absolute Gasteiger partial charge is 0.420 e. The van der Waals surface area contributed by atoms with Gasteiger partial charge in [0.2, 0.25) is 0 Å². The Morgan fingerprint density at radius 2 is 1.94 bits per heavy atom. The highest BCUT2D eigenvalue weighted by molar-refractivity contribution is 5.94. The van der Waals surface area contributed by atoms with Crippen LogP contribution in [-0.2, 0) is 6.18 Å². The number of nitriles is 1. The Morgan fingerprint density at radius 1 is 1.38 bits per heavy atom. The average molecular weight is 231 g/mol. The molecule has 2 nitrogen and oxygen atoms in total. The molecule has 16 heavy (non-hydrogen) atoms. The van der Waals surface area contributed by atoms with Gasteiger partial charge in [0.25, 0.3) is 0 Å². The fraction of sp³-hybridized carbons (Fsp3) is 0.200. The lowest BCUT2D eigenvalue weighted by Crippen LogP contribution is -2.14. The van der Waals surface area contributed by atoms with E-state index in [1.54, 1.807) is 0 Å². The summed E-state index contributed by atoms with van der Waals surface area (Å²) in [5.74, 6) is -2.52. The van der Waals surface area contributed by atoms with Crippen LogP contribution < -0.4 is 0 Å². The van der Waals surface area contributed by atoms with Crippen LogP contribution in [0.4, 0.5) is 17.6 Å². The summed E-state index contributed by atoms with van der Waals surface area (Å²) in [6.07, 6.45) is -5.00. The van der Waals surface area contributed by atoms with Crippen LogP contribution in [0.3, 0.4) is 0 Å². The van der Waals surface area contributed by atoms with Gasteiger partial charge in [-0.3, -0.25) is 4.79 Å². The summed E-state index contributed by atoms with van der Waals surface area (Å²) >= 11 is 0. The molecule has 0 aliphatic carbocycles. The first-order valence-electron chi connectivity index (χ1n) is 4.09. The van der Waals surface area contributed by atoms with Gasteiger partial charge < -0.3 is 0 Å². The van der Waals surface area contributed by atoms with Crippen molar-refractivity contribution in [2.45, 2.75) is 13.1 Å². The van der Waals surface area contributed by atoms with Crippen LogP contribution in [-0.4, -0.2) is 5.78 Å². The van der Waals surface area contributed by atoms with Gasteiger partial charge in [0.1, 0.15) is 11.4 Å². The van der Waals surface area contributed by atoms with Gasteiger partial charge >= 0.3 is 6.18 Å². The van der Waals surface area contributed by atoms with E-state index >= 15 is 0 Å². The predicted octanol–water partition coefficient (Wildman–Crippen LogP) is 2.92. The van der Waals surface area contributed by atoms with Crippen molar-refractivity contribution in [3.8, 4) is 6.07 Å². The predicted molar refractivity (Wildman–Crippen MR) is 46.1 cm³/mol. The lowest BCUT2D eigenvalue weighted by atomic mass is 10.0. The third-order valence-electron chi connectivity index (χ3n) is 1.93. The van der Waals surface area contributed by atoms with Crippen LogP contribution in [0, 0.1) is 17.1 Å². The Morgan fingerprint density at radius 3 is 2.31 bits per heavy atom. The molecule has 84 valence electrons. The van der Waals surface area contributed by atoms with Gasteiger partial charge in [-0.05, 0) is 19.1 Å². The molecule has 0 heterocycles. The molecule has 0 atom stereocenters. The second kappa shape index (κ2) is 3.93. The smallest absolute Gasteiger partial charge is 0.294 e. The second-order valence-corrected chi connectivity index (χ2v) is 3.02. The molecule has 0 spiro atoms. The molecule has 0 bridgehead atoms. The van der Waals surface area contributed by atoms with Crippen LogP contribution >= 0.6 is 0 Å². The van der Waals surface area contributed by atoms with Crippen molar-refractivity contribution >= 4 is 5.78 Å². The van der Waals surface area contributed by atoms with Crippen molar-refractivity contribution in [3.05, 3.63) is 34.6 Å². The van der Waals surface area contributed by atoms with Crippen molar-refractivity contribution < 1.29 is 22.4 Å². The van der Waals surface area contributed by atoms with Crippen LogP contribution in [0.1, 0.15) is 28.4 Å². The van der Waals surface area contributed by atoms with Gasteiger partial charge in [0.15, 0.2) is 5.78 Å². The monoisotopic (exact) mass is 231 g/mol. The van der Waals surface area contributed by atoms with E-state index < -0.39 is 34.5 Å². The highest BCUT2D eigenvalue weighted by Gasteiger charge is 2.38. The number of rotatable bonds is 1. The number of hydrogen-bond acceptors (Lipinski definition) is 2. The molecular weight excluding hydrogens is 226 g/mol. The van der Waals surface area contributed by atoms with Gasteiger partial charge in [-0.25, -0.2) is 4.39 Å². The highest BCUT2D eigenvalue weighted by Crippen LogP contribution is 2.35. The number of nitrogens with zero attached hydrogens (tertiary/aromatic N) is 1. The molecule has 6 heteroatoms. The van der Waals surface area contributed by atoms with Crippen LogP contribution in [0.5, 0.6) is 0 Å². The van der Waals surface area contributed by atoms with Gasteiger partial charge in [0.05, 0.1) is 17.2 Å². The molecule has 1 aromatic carbocycles. The van der Waals surface area contributed by atoms with Crippen molar-refractivity contribution in [2.75, 3.05) is 0 Å². The molecule has 0 saturated heterocycles. The third-order valence-corrected chi connectivity index (χ3v) is 1.93. The quantitative estimate of drug-likeness (QED) is 0.550. The zero-order valence-corrected chi connectivity index (χ0v) is 8.02. The van der Waals surface area contributed by atoms with E-state index in [2.05, 4.69) is 0 Å². The Hall–Kier alpha value is -1.90. The summed E-state index contributed by atoms with van der Waals surface area (Å²) < 4.78 is 50.7. The maximum Gasteiger partial charge on any atom is 0.420 e. The fourth-order valence-electron chi connectivity index (χ4n) is 1.22. The van der Waals surface area contributed by atoms with E-state index in [1.165, 1.54) is 6.07 Å². The molecule has 0 fully saturated rings. The summed E-state index contributed by atoms with van der Waals surface area (Å²) in [5.41, 5.74) is -3.20. The molecule has 0 aromatic heterocycles. The average Bonchev–Trinajstić information content (AvgIpc) is 2.14. The Balaban J connectivity index is 3.62. The highest BCUT2D eigenvalue weighted by atomic mass is 19.4. The van der Waals surface area contributed by atoms with Crippen molar-refractivity contribution in [1.29, 1.82) is 5.26 Å².